The van der Waals surface area contributed by atoms with Crippen molar-refractivity contribution in [3.8, 4) is 0 Å². The number of hydrogen-bond acceptors (Lipinski definition) is 5. The summed E-state index contributed by atoms with van der Waals surface area (Å²) in [6.45, 7) is 8.42. The predicted octanol–water partition coefficient (Wildman–Crippen LogP) is 1.14. The lowest BCUT2D eigenvalue weighted by Crippen LogP contribution is -2.27. The van der Waals surface area contributed by atoms with Crippen molar-refractivity contribution in [3.63, 3.8) is 0 Å². The van der Waals surface area contributed by atoms with Crippen LogP contribution in [-0.4, -0.2) is 50.0 Å². The van der Waals surface area contributed by atoms with Gasteiger partial charge in [-0.05, 0) is 12.8 Å². The van der Waals surface area contributed by atoms with Gasteiger partial charge in [-0.1, -0.05) is 20.8 Å². The van der Waals surface area contributed by atoms with Crippen LogP contribution < -0.4 is 11.0 Å². The number of hydrogen-bond donors (Lipinski definition) is 2. The van der Waals surface area contributed by atoms with Crippen molar-refractivity contribution in [2.45, 2.75) is 45.4 Å². The monoisotopic (exact) mass is 332 g/mol. The molecule has 1 saturated heterocycles. The summed E-state index contributed by atoms with van der Waals surface area (Å²) < 4.78 is 1.49. The van der Waals surface area contributed by atoms with Gasteiger partial charge in [0.1, 0.15) is 0 Å². The van der Waals surface area contributed by atoms with Crippen molar-refractivity contribution in [1.82, 2.24) is 24.5 Å². The third kappa shape index (κ3) is 3.27. The topological polar surface area (TPSA) is 95.4 Å². The molecule has 0 radical (unpaired) electrons. The minimum absolute atomic E-state index is 0.177. The van der Waals surface area contributed by atoms with Gasteiger partial charge in [-0.3, -0.25) is 4.79 Å². The molecule has 0 atom stereocenters. The van der Waals surface area contributed by atoms with Gasteiger partial charge in [-0.15, -0.1) is 5.10 Å². The molecule has 1 aliphatic rings. The second kappa shape index (κ2) is 6.26. The molecule has 8 nitrogen and oxygen atoms in total. The number of amides is 1. The summed E-state index contributed by atoms with van der Waals surface area (Å²) in [5.74, 6) is 0.831. The van der Waals surface area contributed by atoms with Crippen molar-refractivity contribution in [3.05, 3.63) is 22.4 Å². The van der Waals surface area contributed by atoms with Gasteiger partial charge < -0.3 is 10.2 Å². The third-order valence-corrected chi connectivity index (χ3v) is 4.24. The molecule has 0 bridgehead atoms. The number of carbonyl (C=O) groups is 1. The number of aromatic nitrogens is 4. The molecule has 0 aliphatic carbocycles. The number of nitrogens with one attached hydrogen (secondary N) is 2. The molecular weight excluding hydrogens is 308 g/mol. The molecule has 2 N–H and O–H groups in total. The highest BCUT2D eigenvalue weighted by Crippen LogP contribution is 2.22. The van der Waals surface area contributed by atoms with Crippen LogP contribution in [0, 0.1) is 0 Å². The van der Waals surface area contributed by atoms with Gasteiger partial charge in [0.05, 0.1) is 5.69 Å². The molecule has 3 heterocycles. The molecule has 1 aliphatic heterocycles. The number of rotatable bonds is 5. The normalized spacial score (nSPS) is 15.5. The number of fused-ring (bicyclic) bond motifs is 1. The number of anilines is 1. The van der Waals surface area contributed by atoms with E-state index in [1.165, 1.54) is 4.40 Å². The SMILES string of the molecule is CC(C)(C)c1cn2c(=O)[nH]nc2c(NCCCN2CCCC2=O)n1. The summed E-state index contributed by atoms with van der Waals surface area (Å²) in [7, 11) is 0. The molecule has 0 saturated carbocycles. The second-order valence-electron chi connectivity index (χ2n) is 7.21. The maximum atomic E-state index is 11.9. The molecular formula is C16H24N6O2. The van der Waals surface area contributed by atoms with E-state index < -0.39 is 0 Å². The number of H-pyrrole nitrogens is 1. The van der Waals surface area contributed by atoms with Crippen molar-refractivity contribution < 1.29 is 4.79 Å². The highest BCUT2D eigenvalue weighted by Gasteiger charge is 2.21. The third-order valence-electron chi connectivity index (χ3n) is 4.24. The van der Waals surface area contributed by atoms with Gasteiger partial charge in [0, 0.05) is 37.7 Å². The zero-order chi connectivity index (χ0) is 17.3. The summed E-state index contributed by atoms with van der Waals surface area (Å²) in [6, 6.07) is 0. The van der Waals surface area contributed by atoms with Crippen LogP contribution in [0.25, 0.3) is 5.65 Å². The van der Waals surface area contributed by atoms with Crippen LogP contribution in [0.15, 0.2) is 11.0 Å². The zero-order valence-corrected chi connectivity index (χ0v) is 14.4. The minimum atomic E-state index is -0.274. The van der Waals surface area contributed by atoms with E-state index in [1.807, 2.05) is 4.90 Å². The fourth-order valence-corrected chi connectivity index (χ4v) is 2.81. The Morgan fingerprint density at radius 2 is 2.12 bits per heavy atom. The van der Waals surface area contributed by atoms with Crippen LogP contribution in [0.2, 0.25) is 0 Å². The van der Waals surface area contributed by atoms with E-state index in [1.54, 1.807) is 6.20 Å². The van der Waals surface area contributed by atoms with Gasteiger partial charge >= 0.3 is 5.69 Å². The summed E-state index contributed by atoms with van der Waals surface area (Å²) in [5, 5.41) is 9.77. The van der Waals surface area contributed by atoms with E-state index in [4.69, 9.17) is 0 Å². The Kier molecular flexibility index (Phi) is 4.29. The lowest BCUT2D eigenvalue weighted by Gasteiger charge is -2.19. The van der Waals surface area contributed by atoms with Gasteiger partial charge in [0.2, 0.25) is 11.6 Å². The summed E-state index contributed by atoms with van der Waals surface area (Å²) >= 11 is 0. The van der Waals surface area contributed by atoms with E-state index in [2.05, 4.69) is 41.3 Å². The highest BCUT2D eigenvalue weighted by atomic mass is 16.2. The Morgan fingerprint density at radius 1 is 1.33 bits per heavy atom. The molecule has 1 amide bonds. The molecule has 0 unspecified atom stereocenters. The van der Waals surface area contributed by atoms with Crippen LogP contribution in [-0.2, 0) is 10.2 Å². The Morgan fingerprint density at radius 3 is 2.79 bits per heavy atom. The van der Waals surface area contributed by atoms with Crippen molar-refractivity contribution in [1.29, 1.82) is 0 Å². The maximum Gasteiger partial charge on any atom is 0.347 e. The van der Waals surface area contributed by atoms with Gasteiger partial charge in [-0.2, -0.15) is 0 Å². The zero-order valence-electron chi connectivity index (χ0n) is 14.4. The maximum absolute atomic E-state index is 11.9. The number of nitrogens with zero attached hydrogens (tertiary/aromatic N) is 4. The van der Waals surface area contributed by atoms with Crippen molar-refractivity contribution in [2.75, 3.05) is 25.0 Å². The van der Waals surface area contributed by atoms with Crippen LogP contribution in [0.4, 0.5) is 5.82 Å². The number of likely N-dealkylation sites (tertiary alicyclic amines) is 1. The molecule has 1 fully saturated rings. The number of aromatic amines is 1. The fraction of sp³-hybridized carbons (Fsp3) is 0.625. The smallest absolute Gasteiger partial charge is 0.347 e. The fourth-order valence-electron chi connectivity index (χ4n) is 2.81. The standard InChI is InChI=1S/C16H24N6O2/c1-16(2,3)11-10-22-14(19-20-15(22)24)13(18-11)17-7-5-9-21-8-4-6-12(21)23/h10H,4-9H2,1-3H3,(H,17,18)(H,20,24). The minimum Gasteiger partial charge on any atom is -0.367 e. The Bertz CT molecular complexity index is 801. The molecule has 8 heteroatoms. The highest BCUT2D eigenvalue weighted by molar-refractivity contribution is 5.78. The van der Waals surface area contributed by atoms with Crippen molar-refractivity contribution in [2.24, 2.45) is 0 Å². The first kappa shape index (κ1) is 16.5. The summed E-state index contributed by atoms with van der Waals surface area (Å²) in [5.41, 5.74) is 0.855. The first-order chi connectivity index (χ1) is 11.4. The van der Waals surface area contributed by atoms with Gasteiger partial charge in [0.15, 0.2) is 5.82 Å². The Balaban J connectivity index is 1.73. The summed E-state index contributed by atoms with van der Waals surface area (Å²) in [6.07, 6.45) is 4.18. The van der Waals surface area contributed by atoms with E-state index in [0.717, 1.165) is 31.6 Å². The van der Waals surface area contributed by atoms with E-state index in [0.29, 0.717) is 24.4 Å². The van der Waals surface area contributed by atoms with Crippen LogP contribution in [0.5, 0.6) is 0 Å². The Labute approximate surface area is 140 Å². The lowest BCUT2D eigenvalue weighted by atomic mass is 9.93. The molecule has 0 spiro atoms. The van der Waals surface area contributed by atoms with Gasteiger partial charge in [0.25, 0.3) is 0 Å². The predicted molar refractivity (Wildman–Crippen MR) is 91.2 cm³/mol. The molecule has 3 rings (SSSR count). The van der Waals surface area contributed by atoms with E-state index in [-0.39, 0.29) is 17.0 Å². The molecule has 2 aromatic rings. The largest absolute Gasteiger partial charge is 0.367 e. The average Bonchev–Trinajstić information content (AvgIpc) is 3.09. The van der Waals surface area contributed by atoms with Crippen molar-refractivity contribution >= 4 is 17.4 Å². The van der Waals surface area contributed by atoms with Crippen LogP contribution >= 0.6 is 0 Å². The van der Waals surface area contributed by atoms with Gasteiger partial charge in [-0.25, -0.2) is 19.3 Å². The quantitative estimate of drug-likeness (QED) is 0.801. The lowest BCUT2D eigenvalue weighted by molar-refractivity contribution is -0.127. The van der Waals surface area contributed by atoms with Crippen LogP contribution in [0.3, 0.4) is 0 Å². The first-order valence-corrected chi connectivity index (χ1v) is 8.36. The molecule has 130 valence electrons. The number of carbonyl (C=O) groups excluding carboxylic acids is 1. The first-order valence-electron chi connectivity index (χ1n) is 8.36. The molecule has 0 aromatic carbocycles. The second-order valence-corrected chi connectivity index (χ2v) is 7.21. The van der Waals surface area contributed by atoms with E-state index in [9.17, 15) is 9.59 Å². The summed E-state index contributed by atoms with van der Waals surface area (Å²) in [4.78, 5) is 30.0. The average molecular weight is 332 g/mol. The Hall–Kier alpha value is -2.38. The molecule has 2 aromatic heterocycles. The van der Waals surface area contributed by atoms with Crippen LogP contribution in [0.1, 0.15) is 45.7 Å². The van der Waals surface area contributed by atoms with E-state index >= 15 is 0 Å². The molecule has 24 heavy (non-hydrogen) atoms.